The molecule has 0 atom stereocenters. The molecule has 0 unspecified atom stereocenters. The topological polar surface area (TPSA) is 80.4 Å². The van der Waals surface area contributed by atoms with Crippen molar-refractivity contribution in [3.63, 3.8) is 0 Å². The number of pyridine rings is 1. The Bertz CT molecular complexity index is 664. The van der Waals surface area contributed by atoms with Crippen LogP contribution in [0.1, 0.15) is 11.1 Å². The lowest BCUT2D eigenvalue weighted by Gasteiger charge is -2.14. The standard InChI is InChI=1S/C14H12N4O/c15-18-12-7-6-10-8-11(19)13(17-14(10)16-12)9-4-2-1-3-5-9/h1-7H,8,15H2,(H,16,18). The molecule has 0 saturated carbocycles. The molecule has 0 aliphatic carbocycles. The fraction of sp³-hybridized carbons (Fsp3) is 0.0714. The van der Waals surface area contributed by atoms with E-state index in [1.165, 1.54) is 0 Å². The number of carbonyl (C=O) groups excluding carboxylic acids is 1. The second-order valence-corrected chi connectivity index (χ2v) is 4.25. The molecule has 0 radical (unpaired) electrons. The molecule has 2 heterocycles. The lowest BCUT2D eigenvalue weighted by molar-refractivity contribution is -0.112. The predicted octanol–water partition coefficient (Wildman–Crippen LogP) is 1.61. The molecule has 2 aromatic rings. The summed E-state index contributed by atoms with van der Waals surface area (Å²) in [6.45, 7) is 0. The van der Waals surface area contributed by atoms with Crippen molar-refractivity contribution in [2.75, 3.05) is 5.43 Å². The maximum Gasteiger partial charge on any atom is 0.186 e. The molecule has 0 bridgehead atoms. The SMILES string of the molecule is NNc1ccc2c(n1)N=C(c1ccccc1)C(=O)C2. The summed E-state index contributed by atoms with van der Waals surface area (Å²) < 4.78 is 0. The van der Waals surface area contributed by atoms with Crippen molar-refractivity contribution in [3.05, 3.63) is 53.6 Å². The number of rotatable bonds is 2. The van der Waals surface area contributed by atoms with Crippen LogP contribution in [0.4, 0.5) is 11.6 Å². The van der Waals surface area contributed by atoms with Gasteiger partial charge in [0.2, 0.25) is 0 Å². The van der Waals surface area contributed by atoms with Gasteiger partial charge in [-0.15, -0.1) is 0 Å². The van der Waals surface area contributed by atoms with Crippen molar-refractivity contribution in [2.45, 2.75) is 6.42 Å². The minimum absolute atomic E-state index is 0.00829. The monoisotopic (exact) mass is 252 g/mol. The highest BCUT2D eigenvalue weighted by atomic mass is 16.1. The van der Waals surface area contributed by atoms with Crippen LogP contribution in [0.15, 0.2) is 47.5 Å². The number of nitrogen functional groups attached to an aromatic ring is 1. The molecule has 1 aliphatic rings. The second-order valence-electron chi connectivity index (χ2n) is 4.25. The van der Waals surface area contributed by atoms with Crippen LogP contribution in [-0.2, 0) is 11.2 Å². The number of hydrogen-bond acceptors (Lipinski definition) is 5. The molecule has 19 heavy (non-hydrogen) atoms. The Morgan fingerprint density at radius 1 is 1.11 bits per heavy atom. The Morgan fingerprint density at radius 3 is 2.63 bits per heavy atom. The van der Waals surface area contributed by atoms with E-state index in [2.05, 4.69) is 15.4 Å². The molecule has 1 aliphatic heterocycles. The average molecular weight is 252 g/mol. The number of ketones is 1. The molecule has 3 N–H and O–H groups in total. The summed E-state index contributed by atoms with van der Waals surface area (Å²) >= 11 is 0. The zero-order valence-corrected chi connectivity index (χ0v) is 10.1. The third-order valence-corrected chi connectivity index (χ3v) is 2.98. The number of benzene rings is 1. The van der Waals surface area contributed by atoms with Gasteiger partial charge in [-0.05, 0) is 6.07 Å². The number of Topliss-reactive ketones (excluding diaryl/α,β-unsaturated/α-hetero) is 1. The number of carbonyl (C=O) groups is 1. The number of hydrazine groups is 1. The van der Waals surface area contributed by atoms with Gasteiger partial charge in [0.25, 0.3) is 0 Å². The van der Waals surface area contributed by atoms with Crippen molar-refractivity contribution in [1.29, 1.82) is 0 Å². The van der Waals surface area contributed by atoms with E-state index in [4.69, 9.17) is 5.84 Å². The van der Waals surface area contributed by atoms with Crippen molar-refractivity contribution in [2.24, 2.45) is 10.8 Å². The summed E-state index contributed by atoms with van der Waals surface area (Å²) in [7, 11) is 0. The number of nitrogens with one attached hydrogen (secondary N) is 1. The summed E-state index contributed by atoms with van der Waals surface area (Å²) in [5.41, 5.74) is 4.57. The number of hydrogen-bond donors (Lipinski definition) is 2. The molecule has 0 fully saturated rings. The van der Waals surface area contributed by atoms with Crippen LogP contribution in [-0.4, -0.2) is 16.5 Å². The van der Waals surface area contributed by atoms with Crippen LogP contribution in [0.5, 0.6) is 0 Å². The van der Waals surface area contributed by atoms with Crippen molar-refractivity contribution in [1.82, 2.24) is 4.98 Å². The lowest BCUT2D eigenvalue weighted by atomic mass is 9.98. The number of nitrogens with two attached hydrogens (primary N) is 1. The normalized spacial score (nSPS) is 13.7. The van der Waals surface area contributed by atoms with E-state index in [1.54, 1.807) is 6.07 Å². The van der Waals surface area contributed by atoms with Crippen LogP contribution in [0, 0.1) is 0 Å². The number of nitrogens with zero attached hydrogens (tertiary/aromatic N) is 2. The van der Waals surface area contributed by atoms with Crippen LogP contribution >= 0.6 is 0 Å². The summed E-state index contributed by atoms with van der Waals surface area (Å²) in [6, 6.07) is 13.0. The van der Waals surface area contributed by atoms with Crippen LogP contribution in [0.2, 0.25) is 0 Å². The first-order valence-electron chi connectivity index (χ1n) is 5.92. The molecule has 0 saturated heterocycles. The van der Waals surface area contributed by atoms with Crippen LogP contribution in [0.25, 0.3) is 0 Å². The molecular weight excluding hydrogens is 240 g/mol. The highest BCUT2D eigenvalue weighted by Gasteiger charge is 2.22. The average Bonchev–Trinajstić information content (AvgIpc) is 2.47. The summed E-state index contributed by atoms with van der Waals surface area (Å²) in [4.78, 5) is 20.7. The minimum atomic E-state index is 0.00829. The Morgan fingerprint density at radius 2 is 1.89 bits per heavy atom. The number of fused-ring (bicyclic) bond motifs is 1. The summed E-state index contributed by atoms with van der Waals surface area (Å²) in [5, 5.41) is 0. The lowest BCUT2D eigenvalue weighted by Crippen LogP contribution is -2.22. The minimum Gasteiger partial charge on any atom is -0.308 e. The van der Waals surface area contributed by atoms with Gasteiger partial charge in [-0.3, -0.25) is 4.79 Å². The predicted molar refractivity (Wildman–Crippen MR) is 73.4 cm³/mol. The van der Waals surface area contributed by atoms with E-state index in [1.807, 2.05) is 36.4 Å². The molecule has 94 valence electrons. The number of anilines is 1. The zero-order chi connectivity index (χ0) is 13.2. The van der Waals surface area contributed by atoms with Crippen molar-refractivity contribution in [3.8, 4) is 0 Å². The van der Waals surface area contributed by atoms with Crippen molar-refractivity contribution >= 4 is 23.1 Å². The van der Waals surface area contributed by atoms with E-state index in [0.29, 0.717) is 23.8 Å². The van der Waals surface area contributed by atoms with Gasteiger partial charge in [0, 0.05) is 17.5 Å². The largest absolute Gasteiger partial charge is 0.308 e. The maximum atomic E-state index is 12.1. The first-order valence-corrected chi connectivity index (χ1v) is 5.92. The van der Waals surface area contributed by atoms with E-state index in [0.717, 1.165) is 11.1 Å². The third-order valence-electron chi connectivity index (χ3n) is 2.98. The Hall–Kier alpha value is -2.53. The molecular formula is C14H12N4O. The summed E-state index contributed by atoms with van der Waals surface area (Å²) in [5.74, 6) is 6.42. The van der Waals surface area contributed by atoms with Gasteiger partial charge in [0.1, 0.15) is 11.5 Å². The van der Waals surface area contributed by atoms with Gasteiger partial charge in [-0.1, -0.05) is 36.4 Å². The van der Waals surface area contributed by atoms with Gasteiger partial charge in [-0.2, -0.15) is 0 Å². The molecule has 5 nitrogen and oxygen atoms in total. The van der Waals surface area contributed by atoms with Gasteiger partial charge >= 0.3 is 0 Å². The zero-order valence-electron chi connectivity index (χ0n) is 10.1. The van der Waals surface area contributed by atoms with Crippen molar-refractivity contribution < 1.29 is 4.79 Å². The number of aromatic nitrogens is 1. The number of aliphatic imine (C=N–C) groups is 1. The molecule has 0 spiro atoms. The molecule has 1 aromatic heterocycles. The van der Waals surface area contributed by atoms with E-state index in [-0.39, 0.29) is 5.78 Å². The van der Waals surface area contributed by atoms with Crippen LogP contribution in [0.3, 0.4) is 0 Å². The fourth-order valence-corrected chi connectivity index (χ4v) is 2.04. The highest BCUT2D eigenvalue weighted by molar-refractivity contribution is 6.47. The molecule has 3 rings (SSSR count). The fourth-order valence-electron chi connectivity index (χ4n) is 2.04. The van der Waals surface area contributed by atoms with Crippen LogP contribution < -0.4 is 11.3 Å². The Balaban J connectivity index is 2.10. The van der Waals surface area contributed by atoms with Gasteiger partial charge < -0.3 is 5.43 Å². The molecule has 0 amide bonds. The first-order chi connectivity index (χ1) is 9.28. The van der Waals surface area contributed by atoms with E-state index >= 15 is 0 Å². The third kappa shape index (κ3) is 2.11. The van der Waals surface area contributed by atoms with Gasteiger partial charge in [0.15, 0.2) is 11.6 Å². The van der Waals surface area contributed by atoms with Gasteiger partial charge in [-0.25, -0.2) is 15.8 Å². The highest BCUT2D eigenvalue weighted by Crippen LogP contribution is 2.25. The Kier molecular flexibility index (Phi) is 2.81. The summed E-state index contributed by atoms with van der Waals surface area (Å²) in [6.07, 6.45) is 0.320. The molecule has 1 aromatic carbocycles. The maximum absolute atomic E-state index is 12.1. The van der Waals surface area contributed by atoms with E-state index < -0.39 is 0 Å². The first kappa shape index (κ1) is 11.6. The Labute approximate surface area is 110 Å². The quantitative estimate of drug-likeness (QED) is 0.628. The molecule has 5 heteroatoms. The smallest absolute Gasteiger partial charge is 0.186 e. The van der Waals surface area contributed by atoms with Gasteiger partial charge in [0.05, 0.1) is 0 Å². The second kappa shape index (κ2) is 4.62. The van der Waals surface area contributed by atoms with E-state index in [9.17, 15) is 4.79 Å².